The largest absolute Gasteiger partial charge is 0.388 e. The fraction of sp³-hybridized carbons (Fsp3) is 0.421. The van der Waals surface area contributed by atoms with Gasteiger partial charge >= 0.3 is 0 Å². The molecule has 4 heterocycles. The van der Waals surface area contributed by atoms with Gasteiger partial charge in [0.2, 0.25) is 0 Å². The zero-order valence-electron chi connectivity index (χ0n) is 15.2. The SMILES string of the molecule is CCCCC#Cc1nc2c(Cl)nc(-c3cccs3)nc2n1[C@@H]1OC[C@@H](O)[C@H]1O. The molecule has 0 spiro atoms. The van der Waals surface area contributed by atoms with E-state index in [-0.39, 0.29) is 11.8 Å². The summed E-state index contributed by atoms with van der Waals surface area (Å²) in [6.45, 7) is 2.12. The number of aliphatic hydroxyl groups is 2. The van der Waals surface area contributed by atoms with E-state index in [4.69, 9.17) is 16.3 Å². The number of halogens is 1. The average molecular weight is 419 g/mol. The Hall–Kier alpha value is -2.02. The molecule has 28 heavy (non-hydrogen) atoms. The van der Waals surface area contributed by atoms with E-state index in [1.807, 2.05) is 17.5 Å². The van der Waals surface area contributed by atoms with Crippen molar-refractivity contribution in [3.05, 3.63) is 28.5 Å². The van der Waals surface area contributed by atoms with Gasteiger partial charge in [-0.15, -0.1) is 11.3 Å². The summed E-state index contributed by atoms with van der Waals surface area (Å²) in [5.41, 5.74) is 0.806. The third-order valence-electron chi connectivity index (χ3n) is 4.47. The Morgan fingerprint density at radius 1 is 1.36 bits per heavy atom. The van der Waals surface area contributed by atoms with E-state index < -0.39 is 18.4 Å². The van der Waals surface area contributed by atoms with Crippen LogP contribution in [0.4, 0.5) is 0 Å². The van der Waals surface area contributed by atoms with Crippen LogP contribution in [0.15, 0.2) is 17.5 Å². The number of imidazole rings is 1. The quantitative estimate of drug-likeness (QED) is 0.384. The van der Waals surface area contributed by atoms with Crippen LogP contribution in [0.2, 0.25) is 5.15 Å². The molecule has 1 aliphatic rings. The van der Waals surface area contributed by atoms with Gasteiger partial charge in [-0.25, -0.2) is 15.0 Å². The molecule has 3 aromatic heterocycles. The van der Waals surface area contributed by atoms with Crippen molar-refractivity contribution in [1.29, 1.82) is 0 Å². The van der Waals surface area contributed by atoms with Crippen LogP contribution >= 0.6 is 22.9 Å². The molecular formula is C19H19ClN4O3S. The summed E-state index contributed by atoms with van der Waals surface area (Å²) < 4.78 is 7.23. The van der Waals surface area contributed by atoms with Crippen LogP contribution in [0.1, 0.15) is 38.2 Å². The summed E-state index contributed by atoms with van der Waals surface area (Å²) in [5, 5.41) is 22.5. The number of ether oxygens (including phenoxy) is 1. The number of unbranched alkanes of at least 4 members (excludes halogenated alkanes) is 2. The number of hydrogen-bond donors (Lipinski definition) is 2. The minimum absolute atomic E-state index is 0.0187. The first-order valence-corrected chi connectivity index (χ1v) is 10.3. The Kier molecular flexibility index (Phi) is 5.62. The van der Waals surface area contributed by atoms with E-state index >= 15 is 0 Å². The number of thiophene rings is 1. The molecule has 0 saturated carbocycles. The minimum Gasteiger partial charge on any atom is -0.388 e. The zero-order chi connectivity index (χ0) is 19.7. The molecule has 0 radical (unpaired) electrons. The molecule has 4 rings (SSSR count). The molecule has 0 unspecified atom stereocenters. The van der Waals surface area contributed by atoms with E-state index in [1.165, 1.54) is 11.3 Å². The van der Waals surface area contributed by atoms with Crippen LogP contribution < -0.4 is 0 Å². The predicted octanol–water partition coefficient (Wildman–Crippen LogP) is 3.00. The summed E-state index contributed by atoms with van der Waals surface area (Å²) in [6, 6.07) is 3.81. The van der Waals surface area contributed by atoms with Gasteiger partial charge in [-0.05, 0) is 23.8 Å². The van der Waals surface area contributed by atoms with Gasteiger partial charge in [0.25, 0.3) is 0 Å². The molecule has 7 nitrogen and oxygen atoms in total. The first-order chi connectivity index (χ1) is 13.6. The number of rotatable bonds is 4. The van der Waals surface area contributed by atoms with Gasteiger partial charge in [-0.1, -0.05) is 36.9 Å². The van der Waals surface area contributed by atoms with E-state index in [2.05, 4.69) is 33.7 Å². The maximum Gasteiger partial charge on any atom is 0.189 e. The van der Waals surface area contributed by atoms with Crippen molar-refractivity contribution >= 4 is 34.1 Å². The number of hydrogen-bond acceptors (Lipinski definition) is 7. The van der Waals surface area contributed by atoms with Crippen LogP contribution in [-0.4, -0.2) is 48.5 Å². The van der Waals surface area contributed by atoms with Crippen LogP contribution in [0.3, 0.4) is 0 Å². The first-order valence-electron chi connectivity index (χ1n) is 9.06. The van der Waals surface area contributed by atoms with E-state index in [0.717, 1.165) is 24.1 Å². The number of nitrogens with zero attached hydrogens (tertiary/aromatic N) is 4. The summed E-state index contributed by atoms with van der Waals surface area (Å²) >= 11 is 7.89. The van der Waals surface area contributed by atoms with E-state index in [9.17, 15) is 10.2 Å². The lowest BCUT2D eigenvalue weighted by molar-refractivity contribution is -0.0167. The molecule has 146 valence electrons. The van der Waals surface area contributed by atoms with Crippen molar-refractivity contribution in [3.63, 3.8) is 0 Å². The van der Waals surface area contributed by atoms with E-state index in [1.54, 1.807) is 4.57 Å². The van der Waals surface area contributed by atoms with Crippen LogP contribution in [-0.2, 0) is 4.74 Å². The molecule has 0 amide bonds. The normalized spacial score (nSPS) is 21.8. The predicted molar refractivity (Wildman–Crippen MR) is 107 cm³/mol. The average Bonchev–Trinajstić information content (AvgIpc) is 3.40. The van der Waals surface area contributed by atoms with Crippen molar-refractivity contribution in [2.45, 2.75) is 44.6 Å². The third kappa shape index (κ3) is 3.52. The molecule has 9 heteroatoms. The molecule has 0 aliphatic carbocycles. The molecule has 1 aliphatic heterocycles. The van der Waals surface area contributed by atoms with Crippen molar-refractivity contribution < 1.29 is 14.9 Å². The number of fused-ring (bicyclic) bond motifs is 1. The third-order valence-corrected chi connectivity index (χ3v) is 5.60. The Labute approximate surface area is 171 Å². The van der Waals surface area contributed by atoms with E-state index in [0.29, 0.717) is 22.8 Å². The van der Waals surface area contributed by atoms with Crippen molar-refractivity contribution in [1.82, 2.24) is 19.5 Å². The first kappa shape index (κ1) is 19.3. The highest BCUT2D eigenvalue weighted by molar-refractivity contribution is 7.13. The number of aliphatic hydroxyl groups excluding tert-OH is 2. The van der Waals surface area contributed by atoms with Crippen molar-refractivity contribution in [2.24, 2.45) is 0 Å². The van der Waals surface area contributed by atoms with Gasteiger partial charge in [-0.2, -0.15) is 0 Å². The lowest BCUT2D eigenvalue weighted by Gasteiger charge is -2.18. The maximum atomic E-state index is 10.4. The van der Waals surface area contributed by atoms with Gasteiger partial charge in [0.15, 0.2) is 28.7 Å². The second kappa shape index (κ2) is 8.15. The number of aromatic nitrogens is 4. The molecule has 1 fully saturated rings. The molecule has 3 atom stereocenters. The lowest BCUT2D eigenvalue weighted by Crippen LogP contribution is -2.29. The highest BCUT2D eigenvalue weighted by Gasteiger charge is 2.38. The Morgan fingerprint density at radius 2 is 2.21 bits per heavy atom. The monoisotopic (exact) mass is 418 g/mol. The molecular weight excluding hydrogens is 400 g/mol. The maximum absolute atomic E-state index is 10.4. The second-order valence-electron chi connectivity index (χ2n) is 6.48. The van der Waals surface area contributed by atoms with Crippen molar-refractivity contribution in [3.8, 4) is 22.5 Å². The lowest BCUT2D eigenvalue weighted by atomic mass is 10.2. The Morgan fingerprint density at radius 3 is 2.89 bits per heavy atom. The van der Waals surface area contributed by atoms with Crippen molar-refractivity contribution in [2.75, 3.05) is 6.61 Å². The highest BCUT2D eigenvalue weighted by atomic mass is 35.5. The van der Waals surface area contributed by atoms with Gasteiger partial charge in [-0.3, -0.25) is 4.57 Å². The summed E-state index contributed by atoms with van der Waals surface area (Å²) in [4.78, 5) is 14.3. The summed E-state index contributed by atoms with van der Waals surface area (Å²) in [6.07, 6.45) is -0.195. The molecule has 3 aromatic rings. The van der Waals surface area contributed by atoms with Gasteiger partial charge < -0.3 is 14.9 Å². The van der Waals surface area contributed by atoms with Gasteiger partial charge in [0.1, 0.15) is 17.7 Å². The van der Waals surface area contributed by atoms with Crippen LogP contribution in [0.5, 0.6) is 0 Å². The Balaban J connectivity index is 1.88. The molecule has 2 N–H and O–H groups in total. The van der Waals surface area contributed by atoms with Crippen LogP contribution in [0.25, 0.3) is 21.9 Å². The molecule has 0 bridgehead atoms. The zero-order valence-corrected chi connectivity index (χ0v) is 16.7. The summed E-state index contributed by atoms with van der Waals surface area (Å²) in [5.74, 6) is 6.97. The molecule has 1 saturated heterocycles. The Bertz CT molecular complexity index is 1040. The topological polar surface area (TPSA) is 93.3 Å². The van der Waals surface area contributed by atoms with Crippen LogP contribution in [0, 0.1) is 11.8 Å². The second-order valence-corrected chi connectivity index (χ2v) is 7.79. The van der Waals surface area contributed by atoms with Gasteiger partial charge in [0.05, 0.1) is 11.5 Å². The highest BCUT2D eigenvalue weighted by Crippen LogP contribution is 2.33. The summed E-state index contributed by atoms with van der Waals surface area (Å²) in [7, 11) is 0. The fourth-order valence-electron chi connectivity index (χ4n) is 3.00. The standard InChI is InChI=1S/C19H19ClN4O3S/c1-2-3-4-5-8-13-21-14-16(20)22-17(12-7-6-9-28-12)23-18(14)24(13)19-15(26)11(25)10-27-19/h6-7,9,11,15,19,25-26H,2-4,10H2,1H3/t11-,15-,19-/m1/s1. The fourth-order valence-corrected chi connectivity index (χ4v) is 3.87. The minimum atomic E-state index is -1.12. The molecule has 0 aromatic carbocycles. The van der Waals surface area contributed by atoms with Gasteiger partial charge in [0, 0.05) is 6.42 Å². The smallest absolute Gasteiger partial charge is 0.189 e.